The number of rotatable bonds is 8. The van der Waals surface area contributed by atoms with E-state index in [1.807, 2.05) is 26.0 Å². The SMILES string of the molecule is Cc1cccc(S(=O)(=O)Oc2cccc(NC(=O)Nc3cccc(OS(=O)(=O)c4cccc(C)c4C)c3)c2)c1C. The minimum atomic E-state index is -4.10. The minimum Gasteiger partial charge on any atom is -0.379 e. The van der Waals surface area contributed by atoms with E-state index in [4.69, 9.17) is 8.37 Å². The highest BCUT2D eigenvalue weighted by Crippen LogP contribution is 2.27. The fraction of sp³-hybridized carbons (Fsp3) is 0.138. The summed E-state index contributed by atoms with van der Waals surface area (Å²) >= 11 is 0. The van der Waals surface area contributed by atoms with Gasteiger partial charge in [0.15, 0.2) is 0 Å². The number of urea groups is 1. The molecule has 0 heterocycles. The summed E-state index contributed by atoms with van der Waals surface area (Å²) in [4.78, 5) is 12.8. The molecular formula is C29H28N2O7S2. The maximum atomic E-state index is 12.8. The van der Waals surface area contributed by atoms with Crippen LogP contribution in [0.5, 0.6) is 11.5 Å². The van der Waals surface area contributed by atoms with Gasteiger partial charge in [-0.3, -0.25) is 0 Å². The van der Waals surface area contributed by atoms with Crippen LogP contribution in [0.2, 0.25) is 0 Å². The lowest BCUT2D eigenvalue weighted by Crippen LogP contribution is -2.19. The molecule has 0 saturated heterocycles. The van der Waals surface area contributed by atoms with Gasteiger partial charge in [-0.2, -0.15) is 16.8 Å². The summed E-state index contributed by atoms with van der Waals surface area (Å²) in [5.74, 6) is 0.0384. The van der Waals surface area contributed by atoms with Crippen molar-refractivity contribution in [3.05, 3.63) is 107 Å². The van der Waals surface area contributed by atoms with Crippen LogP contribution >= 0.6 is 0 Å². The smallest absolute Gasteiger partial charge is 0.339 e. The molecule has 0 saturated carbocycles. The topological polar surface area (TPSA) is 128 Å². The Morgan fingerprint density at radius 2 is 0.950 bits per heavy atom. The number of benzene rings is 4. The van der Waals surface area contributed by atoms with Crippen LogP contribution in [0.4, 0.5) is 16.2 Å². The molecule has 0 radical (unpaired) electrons. The van der Waals surface area contributed by atoms with E-state index in [0.717, 1.165) is 11.1 Å². The zero-order valence-electron chi connectivity index (χ0n) is 22.3. The van der Waals surface area contributed by atoms with E-state index in [1.54, 1.807) is 38.1 Å². The molecule has 11 heteroatoms. The van der Waals surface area contributed by atoms with Gasteiger partial charge in [-0.05, 0) is 86.3 Å². The maximum absolute atomic E-state index is 12.8. The van der Waals surface area contributed by atoms with E-state index < -0.39 is 26.3 Å². The number of anilines is 2. The molecule has 0 aliphatic carbocycles. The van der Waals surface area contributed by atoms with Crippen molar-refractivity contribution < 1.29 is 30.0 Å². The number of hydrogen-bond acceptors (Lipinski definition) is 7. The zero-order valence-corrected chi connectivity index (χ0v) is 23.9. The Hall–Kier alpha value is -4.35. The van der Waals surface area contributed by atoms with Crippen LogP contribution in [0.3, 0.4) is 0 Å². The first-order valence-corrected chi connectivity index (χ1v) is 15.0. The Morgan fingerprint density at radius 1 is 0.575 bits per heavy atom. The summed E-state index contributed by atoms with van der Waals surface area (Å²) in [6, 6.07) is 21.1. The Labute approximate surface area is 234 Å². The van der Waals surface area contributed by atoms with Gasteiger partial charge in [-0.25, -0.2) is 4.79 Å². The predicted octanol–water partition coefficient (Wildman–Crippen LogP) is 6.10. The van der Waals surface area contributed by atoms with Gasteiger partial charge >= 0.3 is 26.3 Å². The highest BCUT2D eigenvalue weighted by Gasteiger charge is 2.21. The molecule has 0 aromatic heterocycles. The van der Waals surface area contributed by atoms with Crippen molar-refractivity contribution in [1.82, 2.24) is 0 Å². The second-order valence-electron chi connectivity index (χ2n) is 9.11. The summed E-state index contributed by atoms with van der Waals surface area (Å²) in [6.07, 6.45) is 0. The lowest BCUT2D eigenvalue weighted by molar-refractivity contribution is 0.262. The molecule has 0 aliphatic rings. The summed E-state index contributed by atoms with van der Waals surface area (Å²) in [7, 11) is -8.19. The third-order valence-electron chi connectivity index (χ3n) is 6.24. The Kier molecular flexibility index (Phi) is 8.17. The molecule has 9 nitrogen and oxygen atoms in total. The molecule has 0 unspecified atom stereocenters. The Balaban J connectivity index is 1.44. The van der Waals surface area contributed by atoms with Crippen LogP contribution in [0.1, 0.15) is 22.3 Å². The van der Waals surface area contributed by atoms with Gasteiger partial charge in [0.05, 0.1) is 0 Å². The van der Waals surface area contributed by atoms with E-state index in [1.165, 1.54) is 48.5 Å². The Bertz CT molecular complexity index is 1670. The lowest BCUT2D eigenvalue weighted by Gasteiger charge is -2.13. The first-order chi connectivity index (χ1) is 18.9. The van der Waals surface area contributed by atoms with Gasteiger partial charge in [0.25, 0.3) is 0 Å². The molecule has 208 valence electrons. The van der Waals surface area contributed by atoms with Crippen LogP contribution in [-0.4, -0.2) is 22.9 Å². The molecular weight excluding hydrogens is 552 g/mol. The van der Waals surface area contributed by atoms with Crippen LogP contribution < -0.4 is 19.0 Å². The van der Waals surface area contributed by atoms with Gasteiger partial charge in [-0.15, -0.1) is 0 Å². The van der Waals surface area contributed by atoms with Crippen LogP contribution in [0.15, 0.2) is 94.7 Å². The largest absolute Gasteiger partial charge is 0.379 e. The highest BCUT2D eigenvalue weighted by molar-refractivity contribution is 7.87. The molecule has 0 spiro atoms. The fourth-order valence-corrected chi connectivity index (χ4v) is 6.33. The molecule has 0 fully saturated rings. The van der Waals surface area contributed by atoms with E-state index >= 15 is 0 Å². The zero-order chi connectivity index (χ0) is 29.1. The molecule has 2 N–H and O–H groups in total. The molecule has 0 bridgehead atoms. The van der Waals surface area contributed by atoms with E-state index in [-0.39, 0.29) is 32.7 Å². The van der Waals surface area contributed by atoms with Crippen molar-refractivity contribution in [2.24, 2.45) is 0 Å². The van der Waals surface area contributed by atoms with Crippen molar-refractivity contribution >= 4 is 37.6 Å². The summed E-state index contributed by atoms with van der Waals surface area (Å²) in [6.45, 7) is 7.02. The number of nitrogens with one attached hydrogen (secondary N) is 2. The number of carbonyl (C=O) groups is 1. The summed E-state index contributed by atoms with van der Waals surface area (Å²) < 4.78 is 61.9. The van der Waals surface area contributed by atoms with Crippen molar-refractivity contribution in [3.8, 4) is 11.5 Å². The molecule has 4 aromatic carbocycles. The van der Waals surface area contributed by atoms with E-state index in [9.17, 15) is 21.6 Å². The second kappa shape index (κ2) is 11.4. The summed E-state index contributed by atoms with van der Waals surface area (Å²) in [5, 5.41) is 5.20. The van der Waals surface area contributed by atoms with Crippen LogP contribution in [0, 0.1) is 27.7 Å². The molecule has 0 atom stereocenters. The van der Waals surface area contributed by atoms with Crippen LogP contribution in [-0.2, 0) is 20.2 Å². The number of carbonyl (C=O) groups excluding carboxylic acids is 1. The molecule has 2 amide bonds. The minimum absolute atomic E-state index is 0.0192. The number of amides is 2. The van der Waals surface area contributed by atoms with E-state index in [0.29, 0.717) is 11.1 Å². The molecule has 0 aliphatic heterocycles. The van der Waals surface area contributed by atoms with Crippen molar-refractivity contribution in [2.45, 2.75) is 37.5 Å². The molecule has 4 aromatic rings. The first-order valence-electron chi connectivity index (χ1n) is 12.2. The highest BCUT2D eigenvalue weighted by atomic mass is 32.2. The van der Waals surface area contributed by atoms with Crippen LogP contribution in [0.25, 0.3) is 0 Å². The fourth-order valence-electron chi connectivity index (χ4n) is 3.88. The summed E-state index contributed by atoms with van der Waals surface area (Å²) in [5.41, 5.74) is 3.35. The second-order valence-corrected chi connectivity index (χ2v) is 12.1. The van der Waals surface area contributed by atoms with E-state index in [2.05, 4.69) is 10.6 Å². The standard InChI is InChI=1S/C29H28N2O7S2/c1-19-9-5-15-27(21(19)3)39(33,34)37-25-13-7-11-23(17-25)30-29(32)31-24-12-8-14-26(18-24)38-40(35,36)28-16-6-10-20(2)22(28)4/h5-18H,1-4H3,(H2,30,31,32). The van der Waals surface area contributed by atoms with Gasteiger partial charge in [-0.1, -0.05) is 36.4 Å². The first kappa shape index (κ1) is 28.7. The normalized spacial score (nSPS) is 11.5. The van der Waals surface area contributed by atoms with Crippen molar-refractivity contribution in [3.63, 3.8) is 0 Å². The average molecular weight is 581 g/mol. The molecule has 40 heavy (non-hydrogen) atoms. The third-order valence-corrected chi connectivity index (χ3v) is 9.03. The number of hydrogen-bond donors (Lipinski definition) is 2. The van der Waals surface area contributed by atoms with Crippen molar-refractivity contribution in [2.75, 3.05) is 10.6 Å². The van der Waals surface area contributed by atoms with Gasteiger partial charge < -0.3 is 19.0 Å². The maximum Gasteiger partial charge on any atom is 0.339 e. The number of aryl methyl sites for hydroxylation is 2. The Morgan fingerprint density at radius 3 is 1.35 bits per heavy atom. The van der Waals surface area contributed by atoms with Gasteiger partial charge in [0.2, 0.25) is 0 Å². The monoisotopic (exact) mass is 580 g/mol. The average Bonchev–Trinajstić information content (AvgIpc) is 2.87. The predicted molar refractivity (Wildman–Crippen MR) is 153 cm³/mol. The van der Waals surface area contributed by atoms with Gasteiger partial charge in [0.1, 0.15) is 21.3 Å². The van der Waals surface area contributed by atoms with Crippen molar-refractivity contribution in [1.29, 1.82) is 0 Å². The van der Waals surface area contributed by atoms with Gasteiger partial charge in [0, 0.05) is 23.5 Å². The molecule has 4 rings (SSSR count). The lowest BCUT2D eigenvalue weighted by atomic mass is 10.1. The quantitative estimate of drug-likeness (QED) is 0.241. The third kappa shape index (κ3) is 6.61.